The van der Waals surface area contributed by atoms with Crippen LogP contribution in [0.25, 0.3) is 5.57 Å². The molecule has 0 radical (unpaired) electrons. The van der Waals surface area contributed by atoms with Crippen molar-refractivity contribution >= 4 is 23.4 Å². The van der Waals surface area contributed by atoms with Gasteiger partial charge in [0.25, 0.3) is 0 Å². The molecule has 1 atom stereocenters. The van der Waals surface area contributed by atoms with Crippen LogP contribution in [-0.2, 0) is 16.0 Å². The van der Waals surface area contributed by atoms with Crippen LogP contribution in [0.5, 0.6) is 5.75 Å². The fourth-order valence-electron chi connectivity index (χ4n) is 4.17. The summed E-state index contributed by atoms with van der Waals surface area (Å²) in [5.74, 6) is 0.720. The molecule has 2 fully saturated rings. The first-order chi connectivity index (χ1) is 14.5. The first kappa shape index (κ1) is 20.9. The highest BCUT2D eigenvalue weighted by Crippen LogP contribution is 2.42. The molecule has 1 aromatic carbocycles. The molecule has 1 aromatic rings. The average Bonchev–Trinajstić information content (AvgIpc) is 3.52. The lowest BCUT2D eigenvalue weighted by molar-refractivity contribution is -0.153. The van der Waals surface area contributed by atoms with Crippen LogP contribution in [0.1, 0.15) is 44.2 Å². The number of amides is 1. The van der Waals surface area contributed by atoms with Crippen LogP contribution in [0.2, 0.25) is 0 Å². The summed E-state index contributed by atoms with van der Waals surface area (Å²) in [6.45, 7) is 4.94. The van der Waals surface area contributed by atoms with Gasteiger partial charge in [0.15, 0.2) is 0 Å². The maximum atomic E-state index is 12.3. The molecule has 3 N–H and O–H groups in total. The van der Waals surface area contributed by atoms with Gasteiger partial charge in [-0.25, -0.2) is 0 Å². The molecule has 1 saturated heterocycles. The fraction of sp³-hybridized carbons (Fsp3) is 0.565. The standard InChI is InChI=1S/C23H31N3O4/c1-15-3-6-20-21(26(15)16(2)28)8-7-19(17(9-24)10-25-18-4-5-18)22(20)30-14-23(11-27)12-29-13-23/h7-10,15,18,24-25,27H,3-6,11-14H2,1-2H3/b17-10+,24-9?/t15-/m0/s1. The number of anilines is 1. The highest BCUT2D eigenvalue weighted by atomic mass is 16.5. The number of carbonyl (C=O) groups is 1. The molecular weight excluding hydrogens is 382 g/mol. The minimum atomic E-state index is -0.386. The number of nitrogens with zero attached hydrogens (tertiary/aromatic N) is 1. The second-order valence-corrected chi connectivity index (χ2v) is 8.84. The van der Waals surface area contributed by atoms with Crippen LogP contribution >= 0.6 is 0 Å². The molecule has 7 nitrogen and oxygen atoms in total. The van der Waals surface area contributed by atoms with E-state index in [1.807, 2.05) is 23.2 Å². The summed E-state index contributed by atoms with van der Waals surface area (Å²) in [7, 11) is 0. The van der Waals surface area contributed by atoms with Gasteiger partial charge in [0.05, 0.1) is 30.9 Å². The Bertz CT molecular complexity index is 853. The maximum absolute atomic E-state index is 12.3. The minimum Gasteiger partial charge on any atom is -0.492 e. The highest BCUT2D eigenvalue weighted by Gasteiger charge is 2.40. The lowest BCUT2D eigenvalue weighted by Gasteiger charge is -2.40. The number of allylic oxidation sites excluding steroid dienone is 1. The SMILES string of the molecule is CC(=O)N1c2ccc(/C(C=N)=C/NC3CC3)c(OCC3(CO)COC3)c2CC[C@@H]1C. The van der Waals surface area contributed by atoms with Crippen LogP contribution in [-0.4, -0.2) is 55.7 Å². The van der Waals surface area contributed by atoms with E-state index in [9.17, 15) is 9.90 Å². The number of hydrogen-bond donors (Lipinski definition) is 3. The molecule has 2 heterocycles. The molecule has 1 aliphatic carbocycles. The quantitative estimate of drug-likeness (QED) is 0.569. The Morgan fingerprint density at radius 3 is 2.73 bits per heavy atom. The summed E-state index contributed by atoms with van der Waals surface area (Å²) in [5.41, 5.74) is 3.07. The molecule has 0 aromatic heterocycles. The highest BCUT2D eigenvalue weighted by molar-refractivity contribution is 6.10. The lowest BCUT2D eigenvalue weighted by atomic mass is 9.88. The van der Waals surface area contributed by atoms with E-state index in [1.54, 1.807) is 6.92 Å². The van der Waals surface area contributed by atoms with Crippen LogP contribution in [0, 0.1) is 10.8 Å². The van der Waals surface area contributed by atoms with Gasteiger partial charge in [0.2, 0.25) is 5.91 Å². The number of aliphatic hydroxyl groups is 1. The van der Waals surface area contributed by atoms with E-state index in [1.165, 1.54) is 6.21 Å². The zero-order chi connectivity index (χ0) is 21.3. The van der Waals surface area contributed by atoms with Crippen LogP contribution in [0.4, 0.5) is 5.69 Å². The summed E-state index contributed by atoms with van der Waals surface area (Å²) in [6.07, 6.45) is 7.19. The number of hydrogen-bond acceptors (Lipinski definition) is 6. The molecule has 7 heteroatoms. The summed E-state index contributed by atoms with van der Waals surface area (Å²) in [5, 5.41) is 21.1. The molecule has 4 rings (SSSR count). The van der Waals surface area contributed by atoms with Gasteiger partial charge < -0.3 is 30.2 Å². The molecule has 0 unspecified atom stereocenters. The van der Waals surface area contributed by atoms with Gasteiger partial charge in [0, 0.05) is 48.1 Å². The van der Waals surface area contributed by atoms with E-state index in [4.69, 9.17) is 14.9 Å². The van der Waals surface area contributed by atoms with Crippen molar-refractivity contribution in [1.82, 2.24) is 5.32 Å². The number of rotatable bonds is 8. The minimum absolute atomic E-state index is 0.00443. The summed E-state index contributed by atoms with van der Waals surface area (Å²) >= 11 is 0. The Balaban J connectivity index is 1.74. The van der Waals surface area contributed by atoms with Crippen molar-refractivity contribution < 1.29 is 19.4 Å². The topological polar surface area (TPSA) is 94.9 Å². The Hall–Kier alpha value is -2.38. The number of aliphatic hydroxyl groups excluding tert-OH is 1. The summed E-state index contributed by atoms with van der Waals surface area (Å²) in [6, 6.07) is 4.53. The van der Waals surface area contributed by atoms with Crippen molar-refractivity contribution in [3.8, 4) is 5.75 Å². The Labute approximate surface area is 177 Å². The van der Waals surface area contributed by atoms with Crippen molar-refractivity contribution in [1.29, 1.82) is 5.41 Å². The number of carbonyl (C=O) groups excluding carboxylic acids is 1. The average molecular weight is 414 g/mol. The van der Waals surface area contributed by atoms with E-state index in [0.717, 1.165) is 48.1 Å². The van der Waals surface area contributed by atoms with Crippen LogP contribution < -0.4 is 15.0 Å². The number of nitrogens with one attached hydrogen (secondary N) is 2. The normalized spacial score (nSPS) is 22.7. The molecule has 0 spiro atoms. The van der Waals surface area contributed by atoms with E-state index in [0.29, 0.717) is 31.6 Å². The van der Waals surface area contributed by atoms with Gasteiger partial charge in [-0.2, -0.15) is 0 Å². The van der Waals surface area contributed by atoms with E-state index >= 15 is 0 Å². The molecule has 3 aliphatic rings. The number of benzene rings is 1. The van der Waals surface area contributed by atoms with Gasteiger partial charge in [-0.15, -0.1) is 0 Å². The van der Waals surface area contributed by atoms with E-state index < -0.39 is 0 Å². The smallest absolute Gasteiger partial charge is 0.224 e. The van der Waals surface area contributed by atoms with Crippen molar-refractivity contribution in [2.45, 2.75) is 51.6 Å². The number of fused-ring (bicyclic) bond motifs is 1. The Morgan fingerprint density at radius 2 is 2.17 bits per heavy atom. The maximum Gasteiger partial charge on any atom is 0.224 e. The van der Waals surface area contributed by atoms with Gasteiger partial charge in [0.1, 0.15) is 12.4 Å². The first-order valence-electron chi connectivity index (χ1n) is 10.7. The second-order valence-electron chi connectivity index (χ2n) is 8.84. The monoisotopic (exact) mass is 413 g/mol. The largest absolute Gasteiger partial charge is 0.492 e. The molecule has 162 valence electrons. The molecule has 0 bridgehead atoms. The van der Waals surface area contributed by atoms with Crippen molar-refractivity contribution in [3.05, 3.63) is 29.5 Å². The van der Waals surface area contributed by atoms with Gasteiger partial charge in [-0.1, -0.05) is 0 Å². The molecule has 2 aliphatic heterocycles. The van der Waals surface area contributed by atoms with Gasteiger partial charge in [-0.05, 0) is 44.7 Å². The predicted octanol–water partition coefficient (Wildman–Crippen LogP) is 2.50. The third-order valence-electron chi connectivity index (χ3n) is 6.28. The summed E-state index contributed by atoms with van der Waals surface area (Å²) < 4.78 is 11.7. The summed E-state index contributed by atoms with van der Waals surface area (Å²) in [4.78, 5) is 14.2. The predicted molar refractivity (Wildman–Crippen MR) is 116 cm³/mol. The first-order valence-corrected chi connectivity index (χ1v) is 10.7. The van der Waals surface area contributed by atoms with Gasteiger partial charge in [-0.3, -0.25) is 4.79 Å². The Morgan fingerprint density at radius 1 is 1.40 bits per heavy atom. The Kier molecular flexibility index (Phi) is 5.84. The third-order valence-corrected chi connectivity index (χ3v) is 6.28. The van der Waals surface area contributed by atoms with Crippen molar-refractivity contribution in [2.75, 3.05) is 31.3 Å². The second kappa shape index (κ2) is 8.40. The zero-order valence-electron chi connectivity index (χ0n) is 17.7. The van der Waals surface area contributed by atoms with E-state index in [2.05, 4.69) is 12.2 Å². The molecular formula is C23H31N3O4. The van der Waals surface area contributed by atoms with Crippen molar-refractivity contribution in [3.63, 3.8) is 0 Å². The number of ether oxygens (including phenoxy) is 2. The molecule has 30 heavy (non-hydrogen) atoms. The van der Waals surface area contributed by atoms with Crippen LogP contribution in [0.15, 0.2) is 18.3 Å². The fourth-order valence-corrected chi connectivity index (χ4v) is 4.17. The third kappa shape index (κ3) is 3.96. The lowest BCUT2D eigenvalue weighted by Crippen LogP contribution is -2.50. The van der Waals surface area contributed by atoms with Gasteiger partial charge >= 0.3 is 0 Å². The van der Waals surface area contributed by atoms with Crippen molar-refractivity contribution in [2.24, 2.45) is 5.41 Å². The molecule has 1 amide bonds. The van der Waals surface area contributed by atoms with E-state index in [-0.39, 0.29) is 24.0 Å². The zero-order valence-corrected chi connectivity index (χ0v) is 17.7. The molecule has 1 saturated carbocycles. The van der Waals surface area contributed by atoms with Crippen LogP contribution in [0.3, 0.4) is 0 Å².